The van der Waals surface area contributed by atoms with Crippen LogP contribution in [0.2, 0.25) is 0 Å². The number of anilines is 1. The molecule has 1 N–H and O–H groups in total. The van der Waals surface area contributed by atoms with Crippen LogP contribution in [0, 0.1) is 6.92 Å². The largest absolute Gasteiger partial charge is 0.378 e. The quantitative estimate of drug-likeness (QED) is 0.936. The first kappa shape index (κ1) is 11.2. The summed E-state index contributed by atoms with van der Waals surface area (Å²) in [5.41, 5.74) is 3.55. The minimum atomic E-state index is 0.810. The topological polar surface area (TPSA) is 29.9 Å². The van der Waals surface area contributed by atoms with E-state index >= 15 is 0 Å². The zero-order valence-corrected chi connectivity index (χ0v) is 11.0. The van der Waals surface area contributed by atoms with Gasteiger partial charge in [-0.1, -0.05) is 28.1 Å². The Hall–Kier alpha value is -1.29. The van der Waals surface area contributed by atoms with E-state index in [0.717, 1.165) is 16.7 Å². The molecule has 0 saturated heterocycles. The number of hydrogen-bond acceptors (Lipinski definition) is 2. The average Bonchev–Trinajstić information content (AvgIpc) is 2.66. The fourth-order valence-corrected chi connectivity index (χ4v) is 1.89. The van der Waals surface area contributed by atoms with Crippen LogP contribution in [0.25, 0.3) is 0 Å². The van der Waals surface area contributed by atoms with Crippen molar-refractivity contribution in [2.24, 2.45) is 7.05 Å². The summed E-state index contributed by atoms with van der Waals surface area (Å²) in [7, 11) is 1.91. The highest BCUT2D eigenvalue weighted by molar-refractivity contribution is 9.10. The van der Waals surface area contributed by atoms with Crippen molar-refractivity contribution in [3.8, 4) is 0 Å². The SMILES string of the molecule is Cc1ccc(CNc2cnn(C)c2)cc1Br. The van der Waals surface area contributed by atoms with Crippen LogP contribution >= 0.6 is 15.9 Å². The van der Waals surface area contributed by atoms with Crippen molar-refractivity contribution in [1.29, 1.82) is 0 Å². The molecule has 0 amide bonds. The molecule has 0 spiro atoms. The fourth-order valence-electron chi connectivity index (χ4n) is 1.46. The van der Waals surface area contributed by atoms with Gasteiger partial charge in [-0.25, -0.2) is 0 Å². The zero-order valence-electron chi connectivity index (χ0n) is 9.37. The van der Waals surface area contributed by atoms with E-state index in [0.29, 0.717) is 0 Å². The van der Waals surface area contributed by atoms with Crippen molar-refractivity contribution >= 4 is 21.6 Å². The number of aryl methyl sites for hydroxylation is 2. The highest BCUT2D eigenvalue weighted by Gasteiger charge is 1.99. The maximum absolute atomic E-state index is 4.11. The summed E-state index contributed by atoms with van der Waals surface area (Å²) in [6, 6.07) is 6.38. The molecule has 84 valence electrons. The first-order chi connectivity index (χ1) is 7.65. The molecular formula is C12H14BrN3. The molecule has 0 radical (unpaired) electrons. The van der Waals surface area contributed by atoms with Crippen LogP contribution in [0.15, 0.2) is 35.1 Å². The zero-order chi connectivity index (χ0) is 11.5. The van der Waals surface area contributed by atoms with E-state index < -0.39 is 0 Å². The highest BCUT2D eigenvalue weighted by atomic mass is 79.9. The van der Waals surface area contributed by atoms with Crippen LogP contribution < -0.4 is 5.32 Å². The van der Waals surface area contributed by atoms with Gasteiger partial charge in [-0.05, 0) is 24.1 Å². The summed E-state index contributed by atoms with van der Waals surface area (Å²) < 4.78 is 2.94. The molecule has 2 rings (SSSR count). The Kier molecular flexibility index (Phi) is 3.29. The van der Waals surface area contributed by atoms with E-state index in [1.165, 1.54) is 11.1 Å². The summed E-state index contributed by atoms with van der Waals surface area (Å²) in [4.78, 5) is 0. The molecule has 0 atom stereocenters. The first-order valence-corrected chi connectivity index (χ1v) is 5.92. The molecule has 1 heterocycles. The molecule has 0 saturated carbocycles. The van der Waals surface area contributed by atoms with Gasteiger partial charge in [-0.2, -0.15) is 5.10 Å². The monoisotopic (exact) mass is 279 g/mol. The molecule has 0 aliphatic heterocycles. The van der Waals surface area contributed by atoms with Gasteiger partial charge in [0.25, 0.3) is 0 Å². The lowest BCUT2D eigenvalue weighted by Crippen LogP contribution is -1.98. The van der Waals surface area contributed by atoms with Gasteiger partial charge in [0.05, 0.1) is 11.9 Å². The van der Waals surface area contributed by atoms with Crippen LogP contribution in [0.4, 0.5) is 5.69 Å². The van der Waals surface area contributed by atoms with Gasteiger partial charge in [0.15, 0.2) is 0 Å². The van der Waals surface area contributed by atoms with Crippen LogP contribution in [-0.2, 0) is 13.6 Å². The molecule has 1 aromatic heterocycles. The molecule has 4 heteroatoms. The Labute approximate surface area is 104 Å². The highest BCUT2D eigenvalue weighted by Crippen LogP contribution is 2.18. The van der Waals surface area contributed by atoms with Gasteiger partial charge in [0, 0.05) is 24.3 Å². The molecule has 1 aromatic carbocycles. The third-order valence-electron chi connectivity index (χ3n) is 2.44. The van der Waals surface area contributed by atoms with Crippen molar-refractivity contribution in [3.05, 3.63) is 46.2 Å². The van der Waals surface area contributed by atoms with Crippen molar-refractivity contribution in [2.45, 2.75) is 13.5 Å². The third-order valence-corrected chi connectivity index (χ3v) is 3.29. The molecule has 0 unspecified atom stereocenters. The van der Waals surface area contributed by atoms with E-state index in [1.807, 2.05) is 19.4 Å². The Morgan fingerprint density at radius 2 is 2.25 bits per heavy atom. The van der Waals surface area contributed by atoms with Crippen LogP contribution in [-0.4, -0.2) is 9.78 Å². The summed E-state index contributed by atoms with van der Waals surface area (Å²) in [6.07, 6.45) is 3.78. The molecule has 0 bridgehead atoms. The Bertz CT molecular complexity index is 491. The number of nitrogens with one attached hydrogen (secondary N) is 1. The van der Waals surface area contributed by atoms with Crippen molar-refractivity contribution in [2.75, 3.05) is 5.32 Å². The minimum Gasteiger partial charge on any atom is -0.378 e. The number of rotatable bonds is 3. The Balaban J connectivity index is 2.02. The second-order valence-corrected chi connectivity index (χ2v) is 4.69. The summed E-state index contributed by atoms with van der Waals surface area (Å²) >= 11 is 3.53. The van der Waals surface area contributed by atoms with Crippen LogP contribution in [0.5, 0.6) is 0 Å². The lowest BCUT2D eigenvalue weighted by atomic mass is 10.1. The van der Waals surface area contributed by atoms with Crippen LogP contribution in [0.1, 0.15) is 11.1 Å². The van der Waals surface area contributed by atoms with Crippen LogP contribution in [0.3, 0.4) is 0 Å². The molecule has 16 heavy (non-hydrogen) atoms. The number of aromatic nitrogens is 2. The second kappa shape index (κ2) is 4.70. The third kappa shape index (κ3) is 2.64. The predicted molar refractivity (Wildman–Crippen MR) is 69.4 cm³/mol. The van der Waals surface area contributed by atoms with Gasteiger partial charge in [0.1, 0.15) is 0 Å². The number of benzene rings is 1. The van der Waals surface area contributed by atoms with Gasteiger partial charge >= 0.3 is 0 Å². The summed E-state index contributed by atoms with van der Waals surface area (Å²) in [5, 5.41) is 7.43. The lowest BCUT2D eigenvalue weighted by Gasteiger charge is -2.05. The van der Waals surface area contributed by atoms with Gasteiger partial charge in [-0.15, -0.1) is 0 Å². The minimum absolute atomic E-state index is 0.810. The molecular weight excluding hydrogens is 266 g/mol. The molecule has 3 nitrogen and oxygen atoms in total. The number of nitrogens with zero attached hydrogens (tertiary/aromatic N) is 2. The second-order valence-electron chi connectivity index (χ2n) is 3.84. The predicted octanol–water partition coefficient (Wildman–Crippen LogP) is 3.10. The standard InChI is InChI=1S/C12H14BrN3/c1-9-3-4-10(5-12(9)13)6-14-11-7-15-16(2)8-11/h3-5,7-8,14H,6H2,1-2H3. The summed E-state index contributed by atoms with van der Waals surface area (Å²) in [5.74, 6) is 0. The van der Waals surface area contributed by atoms with Gasteiger partial charge in [0.2, 0.25) is 0 Å². The molecule has 0 aliphatic rings. The number of hydrogen-bond donors (Lipinski definition) is 1. The van der Waals surface area contributed by atoms with E-state index in [-0.39, 0.29) is 0 Å². The Morgan fingerprint density at radius 3 is 2.88 bits per heavy atom. The maximum Gasteiger partial charge on any atom is 0.0729 e. The summed E-state index contributed by atoms with van der Waals surface area (Å²) in [6.45, 7) is 2.90. The Morgan fingerprint density at radius 1 is 1.44 bits per heavy atom. The molecule has 0 aliphatic carbocycles. The number of halogens is 1. The van der Waals surface area contributed by atoms with Crippen molar-refractivity contribution in [1.82, 2.24) is 9.78 Å². The fraction of sp³-hybridized carbons (Fsp3) is 0.250. The maximum atomic E-state index is 4.11. The van der Waals surface area contributed by atoms with E-state index in [1.54, 1.807) is 4.68 Å². The van der Waals surface area contributed by atoms with E-state index in [4.69, 9.17) is 0 Å². The van der Waals surface area contributed by atoms with E-state index in [9.17, 15) is 0 Å². The van der Waals surface area contributed by atoms with Gasteiger partial charge in [-0.3, -0.25) is 4.68 Å². The van der Waals surface area contributed by atoms with Crippen molar-refractivity contribution in [3.63, 3.8) is 0 Å². The average molecular weight is 280 g/mol. The first-order valence-electron chi connectivity index (χ1n) is 5.13. The smallest absolute Gasteiger partial charge is 0.0729 e. The molecule has 0 fully saturated rings. The van der Waals surface area contributed by atoms with E-state index in [2.05, 4.69) is 51.5 Å². The lowest BCUT2D eigenvalue weighted by molar-refractivity contribution is 0.768. The molecule has 2 aromatic rings. The normalized spacial score (nSPS) is 10.4. The van der Waals surface area contributed by atoms with Gasteiger partial charge < -0.3 is 5.32 Å². The van der Waals surface area contributed by atoms with Crippen molar-refractivity contribution < 1.29 is 0 Å².